The first kappa shape index (κ1) is 15.6. The molecule has 0 bridgehead atoms. The number of carbonyl (C=O) groups excluding carboxylic acids is 1. The van der Waals surface area contributed by atoms with Gasteiger partial charge in [-0.05, 0) is 18.2 Å². The van der Waals surface area contributed by atoms with Gasteiger partial charge >= 0.3 is 5.91 Å². The lowest BCUT2D eigenvalue weighted by atomic mass is 10.3. The summed E-state index contributed by atoms with van der Waals surface area (Å²) in [4.78, 5) is 21.0. The molecular weight excluding hydrogens is 319 g/mol. The smallest absolute Gasteiger partial charge is 0.315 e. The molecule has 0 aliphatic carbocycles. The summed E-state index contributed by atoms with van der Waals surface area (Å²) in [5.41, 5.74) is 0.819. The third kappa shape index (κ3) is 3.08. The van der Waals surface area contributed by atoms with Crippen LogP contribution in [0.15, 0.2) is 35.6 Å². The lowest BCUT2D eigenvalue weighted by Crippen LogP contribution is -2.20. The Morgan fingerprint density at radius 1 is 1.48 bits per heavy atom. The molecule has 0 radical (unpaired) electrons. The van der Waals surface area contributed by atoms with E-state index in [1.165, 1.54) is 23.5 Å². The molecule has 0 aliphatic rings. The van der Waals surface area contributed by atoms with Gasteiger partial charge in [-0.1, -0.05) is 11.3 Å². The fourth-order valence-corrected chi connectivity index (χ4v) is 3.32. The first-order valence-corrected chi connectivity index (χ1v) is 7.76. The number of methoxy groups -OCH3 is 1. The second kappa shape index (κ2) is 6.43. The average Bonchev–Trinajstić information content (AvgIpc) is 3.08. The minimum Gasteiger partial charge on any atom is -0.383 e. The number of fused-ring (bicyclic) bond motifs is 1. The predicted octanol–water partition coefficient (Wildman–Crippen LogP) is 1.96. The lowest BCUT2D eigenvalue weighted by molar-refractivity contribution is 0.0984. The third-order valence-corrected chi connectivity index (χ3v) is 4.41. The van der Waals surface area contributed by atoms with Gasteiger partial charge in [-0.2, -0.15) is 4.99 Å². The number of thiazole rings is 1. The number of nitrogens with zero attached hydrogens (tertiary/aromatic N) is 4. The summed E-state index contributed by atoms with van der Waals surface area (Å²) in [6.45, 7) is 0.988. The SMILES string of the molecule is COCCn1c(=NC(=O)c2nccn2C)sc2cc(F)ccc21. The van der Waals surface area contributed by atoms with E-state index in [9.17, 15) is 9.18 Å². The van der Waals surface area contributed by atoms with Gasteiger partial charge in [-0.25, -0.2) is 9.37 Å². The summed E-state index contributed by atoms with van der Waals surface area (Å²) in [6.07, 6.45) is 3.23. The molecule has 1 amide bonds. The van der Waals surface area contributed by atoms with Crippen molar-refractivity contribution in [3.63, 3.8) is 0 Å². The van der Waals surface area contributed by atoms with Crippen molar-refractivity contribution in [3.05, 3.63) is 47.0 Å². The molecule has 0 saturated heterocycles. The number of rotatable bonds is 4. The molecule has 0 unspecified atom stereocenters. The summed E-state index contributed by atoms with van der Waals surface area (Å²) in [5.74, 6) is -0.498. The third-order valence-electron chi connectivity index (χ3n) is 3.37. The van der Waals surface area contributed by atoms with E-state index in [2.05, 4.69) is 9.98 Å². The second-order valence-corrected chi connectivity index (χ2v) is 5.93. The monoisotopic (exact) mass is 334 g/mol. The van der Waals surface area contributed by atoms with Crippen molar-refractivity contribution in [2.45, 2.75) is 6.54 Å². The predicted molar refractivity (Wildman–Crippen MR) is 84.8 cm³/mol. The quantitative estimate of drug-likeness (QED) is 0.733. The standard InChI is InChI=1S/C15H15FN4O2S/c1-19-6-5-17-13(19)14(21)18-15-20(7-8-22-2)11-4-3-10(16)9-12(11)23-15/h3-6,9H,7-8H2,1-2H3. The Labute approximate surface area is 135 Å². The molecule has 1 aromatic carbocycles. The molecule has 6 nitrogen and oxygen atoms in total. The van der Waals surface area contributed by atoms with Crippen LogP contribution in [0.3, 0.4) is 0 Å². The first-order chi connectivity index (χ1) is 11.1. The van der Waals surface area contributed by atoms with Gasteiger partial charge in [0.25, 0.3) is 0 Å². The Kier molecular flexibility index (Phi) is 4.35. The van der Waals surface area contributed by atoms with Crippen molar-refractivity contribution in [3.8, 4) is 0 Å². The molecule has 0 aliphatic heterocycles. The number of halogens is 1. The first-order valence-electron chi connectivity index (χ1n) is 6.94. The Bertz CT molecular complexity index is 925. The topological polar surface area (TPSA) is 61.4 Å². The van der Waals surface area contributed by atoms with Crippen molar-refractivity contribution in [1.29, 1.82) is 0 Å². The molecule has 8 heteroatoms. The van der Waals surface area contributed by atoms with Gasteiger partial charge < -0.3 is 13.9 Å². The molecule has 0 atom stereocenters. The van der Waals surface area contributed by atoms with Crippen LogP contribution in [-0.4, -0.2) is 33.7 Å². The van der Waals surface area contributed by atoms with Crippen molar-refractivity contribution in [1.82, 2.24) is 14.1 Å². The Balaban J connectivity index is 2.13. The van der Waals surface area contributed by atoms with Crippen molar-refractivity contribution in [2.75, 3.05) is 13.7 Å². The van der Waals surface area contributed by atoms with Crippen LogP contribution in [0.5, 0.6) is 0 Å². The van der Waals surface area contributed by atoms with E-state index in [0.717, 1.165) is 10.2 Å². The number of benzene rings is 1. The molecule has 120 valence electrons. The van der Waals surface area contributed by atoms with Gasteiger partial charge in [0, 0.05) is 33.1 Å². The van der Waals surface area contributed by atoms with Crippen molar-refractivity contribution in [2.24, 2.45) is 12.0 Å². The van der Waals surface area contributed by atoms with Gasteiger partial charge in [0.15, 0.2) is 4.80 Å². The zero-order chi connectivity index (χ0) is 16.4. The minimum atomic E-state index is -0.435. The minimum absolute atomic E-state index is 0.256. The van der Waals surface area contributed by atoms with E-state index in [-0.39, 0.29) is 11.6 Å². The Hall–Kier alpha value is -2.32. The molecule has 2 aromatic heterocycles. The number of carbonyl (C=O) groups is 1. The van der Waals surface area contributed by atoms with Crippen LogP contribution < -0.4 is 4.80 Å². The zero-order valence-corrected chi connectivity index (χ0v) is 13.5. The number of ether oxygens (including phenoxy) is 1. The maximum absolute atomic E-state index is 13.4. The van der Waals surface area contributed by atoms with Gasteiger partial charge in [-0.15, -0.1) is 0 Å². The van der Waals surface area contributed by atoms with Gasteiger partial charge in [0.2, 0.25) is 5.82 Å². The largest absolute Gasteiger partial charge is 0.383 e. The fourth-order valence-electron chi connectivity index (χ4n) is 2.24. The fraction of sp³-hybridized carbons (Fsp3) is 0.267. The number of hydrogen-bond acceptors (Lipinski definition) is 4. The van der Waals surface area contributed by atoms with Crippen LogP contribution in [-0.2, 0) is 18.3 Å². The summed E-state index contributed by atoms with van der Waals surface area (Å²) in [6, 6.07) is 4.51. The van der Waals surface area contributed by atoms with Crippen LogP contribution in [0, 0.1) is 5.82 Å². The number of aryl methyl sites for hydroxylation is 1. The normalized spacial score (nSPS) is 12.2. The van der Waals surface area contributed by atoms with Gasteiger partial charge in [-0.3, -0.25) is 4.79 Å². The van der Waals surface area contributed by atoms with Crippen molar-refractivity contribution >= 4 is 27.5 Å². The molecule has 0 saturated carbocycles. The summed E-state index contributed by atoms with van der Waals surface area (Å²) < 4.78 is 22.7. The van der Waals surface area contributed by atoms with Gasteiger partial charge in [0.1, 0.15) is 5.82 Å². The van der Waals surface area contributed by atoms with E-state index < -0.39 is 5.91 Å². The number of amides is 1. The van der Waals surface area contributed by atoms with Crippen molar-refractivity contribution < 1.29 is 13.9 Å². The van der Waals surface area contributed by atoms with E-state index in [1.54, 1.807) is 37.2 Å². The summed E-state index contributed by atoms with van der Waals surface area (Å²) >= 11 is 1.26. The van der Waals surface area contributed by atoms with E-state index in [4.69, 9.17) is 4.74 Å². The molecule has 0 spiro atoms. The van der Waals surface area contributed by atoms with E-state index >= 15 is 0 Å². The average molecular weight is 334 g/mol. The van der Waals surface area contributed by atoms with E-state index in [1.807, 2.05) is 4.57 Å². The highest BCUT2D eigenvalue weighted by molar-refractivity contribution is 7.16. The number of aromatic nitrogens is 3. The molecular formula is C15H15FN4O2S. The number of hydrogen-bond donors (Lipinski definition) is 0. The molecule has 23 heavy (non-hydrogen) atoms. The highest BCUT2D eigenvalue weighted by Gasteiger charge is 2.12. The highest BCUT2D eigenvalue weighted by Crippen LogP contribution is 2.18. The maximum atomic E-state index is 13.4. The second-order valence-electron chi connectivity index (χ2n) is 4.92. The number of imidazole rings is 1. The lowest BCUT2D eigenvalue weighted by Gasteiger charge is -2.04. The van der Waals surface area contributed by atoms with E-state index in [0.29, 0.717) is 18.0 Å². The molecule has 3 aromatic rings. The molecule has 0 N–H and O–H groups in total. The van der Waals surface area contributed by atoms with Crippen LogP contribution in [0.25, 0.3) is 10.2 Å². The molecule has 2 heterocycles. The maximum Gasteiger partial charge on any atom is 0.315 e. The zero-order valence-electron chi connectivity index (χ0n) is 12.7. The molecule has 3 rings (SSSR count). The Morgan fingerprint density at radius 3 is 3.00 bits per heavy atom. The summed E-state index contributed by atoms with van der Waals surface area (Å²) in [5, 5.41) is 0. The van der Waals surface area contributed by atoms with Gasteiger partial charge in [0.05, 0.1) is 16.8 Å². The Morgan fingerprint density at radius 2 is 2.30 bits per heavy atom. The van der Waals surface area contributed by atoms with Crippen LogP contribution in [0.1, 0.15) is 10.6 Å². The van der Waals surface area contributed by atoms with Crippen LogP contribution in [0.2, 0.25) is 0 Å². The summed E-state index contributed by atoms with van der Waals surface area (Å²) in [7, 11) is 3.33. The highest BCUT2D eigenvalue weighted by atomic mass is 32.1. The van der Waals surface area contributed by atoms with Crippen LogP contribution in [0.4, 0.5) is 4.39 Å². The molecule has 0 fully saturated rings. The van der Waals surface area contributed by atoms with Crippen LogP contribution >= 0.6 is 11.3 Å².